The summed E-state index contributed by atoms with van der Waals surface area (Å²) in [7, 11) is 1.76. The first kappa shape index (κ1) is 17.1. The first-order valence-electron chi connectivity index (χ1n) is 9.99. The van der Waals surface area contributed by atoms with Crippen LogP contribution in [0.5, 0.6) is 0 Å². The lowest BCUT2D eigenvalue weighted by atomic mass is 9.83. The molecule has 0 spiro atoms. The molecule has 3 aromatic heterocycles. The summed E-state index contributed by atoms with van der Waals surface area (Å²) in [6.07, 6.45) is 2.95. The number of nitrogens with zero attached hydrogens (tertiary/aromatic N) is 4. The van der Waals surface area contributed by atoms with Crippen molar-refractivity contribution >= 4 is 34.1 Å². The molecule has 0 bridgehead atoms. The Balaban J connectivity index is 1.51. The molecule has 1 aliphatic heterocycles. The zero-order chi connectivity index (χ0) is 20.6. The van der Waals surface area contributed by atoms with E-state index in [1.165, 1.54) is 4.40 Å². The van der Waals surface area contributed by atoms with E-state index in [1.807, 2.05) is 24.3 Å². The first-order valence-corrected chi connectivity index (χ1v) is 9.99. The maximum atomic E-state index is 13.6. The Morgan fingerprint density at radius 3 is 2.87 bits per heavy atom. The fraction of sp³-hybridized carbons (Fsp3) is 0.217. The summed E-state index contributed by atoms with van der Waals surface area (Å²) in [5.74, 6) is 0.143. The molecular formula is C23H18N4O3. The van der Waals surface area contributed by atoms with Crippen LogP contribution in [0.3, 0.4) is 0 Å². The van der Waals surface area contributed by atoms with E-state index in [2.05, 4.69) is 4.98 Å². The highest BCUT2D eigenvalue weighted by molar-refractivity contribution is 6.11. The number of Topliss-reactive ketones (excluding diaryl/α,β-unsaturated/α-hetero) is 1. The fourth-order valence-corrected chi connectivity index (χ4v) is 4.90. The second kappa shape index (κ2) is 5.89. The molecule has 4 aromatic rings. The molecule has 148 valence electrons. The molecular weight excluding hydrogens is 380 g/mol. The Morgan fingerprint density at radius 2 is 2.00 bits per heavy atom. The van der Waals surface area contributed by atoms with E-state index in [1.54, 1.807) is 40.9 Å². The van der Waals surface area contributed by atoms with Crippen LogP contribution in [0.4, 0.5) is 5.69 Å². The molecule has 1 atom stereocenters. The summed E-state index contributed by atoms with van der Waals surface area (Å²) in [4.78, 5) is 45.2. The summed E-state index contributed by atoms with van der Waals surface area (Å²) >= 11 is 0. The number of carbonyl (C=O) groups excluding carboxylic acids is 2. The van der Waals surface area contributed by atoms with Crippen molar-refractivity contribution in [3.8, 4) is 0 Å². The largest absolute Gasteiger partial charge is 0.324 e. The number of fused-ring (bicyclic) bond motifs is 2. The number of ketones is 1. The lowest BCUT2D eigenvalue weighted by Gasteiger charge is -2.18. The van der Waals surface area contributed by atoms with E-state index in [0.29, 0.717) is 35.3 Å². The van der Waals surface area contributed by atoms with E-state index >= 15 is 0 Å². The third-order valence-electron chi connectivity index (χ3n) is 6.38. The molecule has 4 heterocycles. The second-order valence-electron chi connectivity index (χ2n) is 7.98. The quantitative estimate of drug-likeness (QED) is 0.494. The standard InChI is InChI=1S/C23H18N4O3/c1-25-17(11-15-21(25)24-19-7-2-3-10-26(19)22(15)29)23(30)27-12-13-8-9-18(28)14-5-4-6-16(27)20(13)14/h2-7,10-11,13H,8-9,12H2,1H3. The second-order valence-corrected chi connectivity index (χ2v) is 7.98. The molecule has 1 aromatic carbocycles. The van der Waals surface area contributed by atoms with Crippen molar-refractivity contribution in [3.63, 3.8) is 0 Å². The highest BCUT2D eigenvalue weighted by Gasteiger charge is 2.39. The van der Waals surface area contributed by atoms with Gasteiger partial charge in [0.15, 0.2) is 5.78 Å². The van der Waals surface area contributed by atoms with Gasteiger partial charge in [-0.15, -0.1) is 0 Å². The van der Waals surface area contributed by atoms with Gasteiger partial charge in [-0.1, -0.05) is 18.2 Å². The number of carbonyl (C=O) groups is 2. The summed E-state index contributed by atoms with van der Waals surface area (Å²) < 4.78 is 3.17. The van der Waals surface area contributed by atoms with Gasteiger partial charge in [0.2, 0.25) is 0 Å². The Morgan fingerprint density at radius 1 is 1.13 bits per heavy atom. The molecule has 6 rings (SSSR count). The number of amides is 1. The van der Waals surface area contributed by atoms with E-state index in [4.69, 9.17) is 0 Å². The molecule has 7 heteroatoms. The van der Waals surface area contributed by atoms with Crippen LogP contribution in [0.2, 0.25) is 0 Å². The van der Waals surface area contributed by atoms with Gasteiger partial charge >= 0.3 is 0 Å². The maximum absolute atomic E-state index is 13.6. The molecule has 1 aliphatic carbocycles. The van der Waals surface area contributed by atoms with Gasteiger partial charge in [0, 0.05) is 43.4 Å². The van der Waals surface area contributed by atoms with E-state index in [0.717, 1.165) is 23.2 Å². The molecule has 1 amide bonds. The SMILES string of the molecule is Cn1c(C(=O)N2CC3CCC(=O)c4cccc2c43)cc2c(=O)n3ccccc3nc21. The van der Waals surface area contributed by atoms with Crippen LogP contribution in [0.1, 0.15) is 45.2 Å². The number of aromatic nitrogens is 3. The van der Waals surface area contributed by atoms with Gasteiger partial charge in [-0.2, -0.15) is 0 Å². The maximum Gasteiger partial charge on any atom is 0.274 e. The van der Waals surface area contributed by atoms with Gasteiger partial charge in [-0.3, -0.25) is 18.8 Å². The smallest absolute Gasteiger partial charge is 0.274 e. The van der Waals surface area contributed by atoms with Crippen molar-refractivity contribution in [1.82, 2.24) is 14.0 Å². The zero-order valence-electron chi connectivity index (χ0n) is 16.3. The number of aryl methyl sites for hydroxylation is 1. The summed E-state index contributed by atoms with van der Waals surface area (Å²) in [6, 6.07) is 12.6. The number of hydrogen-bond acceptors (Lipinski definition) is 4. The summed E-state index contributed by atoms with van der Waals surface area (Å²) in [5.41, 5.74) is 3.76. The average molecular weight is 398 g/mol. The number of benzene rings is 1. The van der Waals surface area contributed by atoms with Crippen LogP contribution in [0, 0.1) is 0 Å². The molecule has 1 unspecified atom stereocenters. The van der Waals surface area contributed by atoms with Gasteiger partial charge in [-0.05, 0) is 36.2 Å². The number of rotatable bonds is 1. The Labute approximate surface area is 171 Å². The molecule has 0 radical (unpaired) electrons. The minimum atomic E-state index is -0.198. The van der Waals surface area contributed by atoms with Crippen LogP contribution in [0.15, 0.2) is 53.5 Å². The van der Waals surface area contributed by atoms with Gasteiger partial charge in [-0.25, -0.2) is 4.98 Å². The highest BCUT2D eigenvalue weighted by Crippen LogP contribution is 2.44. The first-order chi connectivity index (χ1) is 14.5. The van der Waals surface area contributed by atoms with Gasteiger partial charge in [0.25, 0.3) is 11.5 Å². The van der Waals surface area contributed by atoms with Crippen molar-refractivity contribution in [2.24, 2.45) is 7.05 Å². The number of anilines is 1. The van der Waals surface area contributed by atoms with Crippen LogP contribution < -0.4 is 10.5 Å². The third kappa shape index (κ3) is 2.14. The predicted octanol–water partition coefficient (Wildman–Crippen LogP) is 2.91. The predicted molar refractivity (Wildman–Crippen MR) is 112 cm³/mol. The van der Waals surface area contributed by atoms with Crippen molar-refractivity contribution in [1.29, 1.82) is 0 Å². The molecule has 0 fully saturated rings. The van der Waals surface area contributed by atoms with Gasteiger partial charge < -0.3 is 9.47 Å². The summed E-state index contributed by atoms with van der Waals surface area (Å²) in [5, 5.41) is 0.411. The third-order valence-corrected chi connectivity index (χ3v) is 6.38. The lowest BCUT2D eigenvalue weighted by Crippen LogP contribution is -2.31. The molecule has 7 nitrogen and oxygen atoms in total. The van der Waals surface area contributed by atoms with Crippen LogP contribution in [-0.2, 0) is 7.05 Å². The van der Waals surface area contributed by atoms with Crippen molar-refractivity contribution in [2.45, 2.75) is 18.8 Å². The van der Waals surface area contributed by atoms with Gasteiger partial charge in [0.05, 0.1) is 5.39 Å². The zero-order valence-corrected chi connectivity index (χ0v) is 16.3. The van der Waals surface area contributed by atoms with E-state index in [-0.39, 0.29) is 23.2 Å². The minimum absolute atomic E-state index is 0.144. The van der Waals surface area contributed by atoms with Gasteiger partial charge in [0.1, 0.15) is 17.0 Å². The molecule has 0 saturated carbocycles. The number of hydrogen-bond donors (Lipinski definition) is 0. The van der Waals surface area contributed by atoms with Crippen molar-refractivity contribution in [2.75, 3.05) is 11.4 Å². The lowest BCUT2D eigenvalue weighted by molar-refractivity contribution is 0.0968. The monoisotopic (exact) mass is 398 g/mol. The number of pyridine rings is 1. The summed E-state index contributed by atoms with van der Waals surface area (Å²) in [6.45, 7) is 0.550. The van der Waals surface area contributed by atoms with Crippen LogP contribution >= 0.6 is 0 Å². The molecule has 30 heavy (non-hydrogen) atoms. The molecule has 2 aliphatic rings. The molecule has 0 N–H and O–H groups in total. The Bertz CT molecular complexity index is 1460. The fourth-order valence-electron chi connectivity index (χ4n) is 4.90. The Kier molecular flexibility index (Phi) is 3.36. The minimum Gasteiger partial charge on any atom is -0.324 e. The topological polar surface area (TPSA) is 76.7 Å². The highest BCUT2D eigenvalue weighted by atomic mass is 16.2. The van der Waals surface area contributed by atoms with Crippen LogP contribution in [-0.4, -0.2) is 32.2 Å². The van der Waals surface area contributed by atoms with Crippen molar-refractivity contribution in [3.05, 3.63) is 75.8 Å². The molecule has 0 saturated heterocycles. The Hall–Kier alpha value is -3.74. The normalized spacial score (nSPS) is 17.7. The van der Waals surface area contributed by atoms with Crippen LogP contribution in [0.25, 0.3) is 16.7 Å². The van der Waals surface area contributed by atoms with E-state index < -0.39 is 0 Å². The van der Waals surface area contributed by atoms with E-state index in [9.17, 15) is 14.4 Å². The average Bonchev–Trinajstić information content (AvgIpc) is 3.30. The van der Waals surface area contributed by atoms with Crippen molar-refractivity contribution < 1.29 is 9.59 Å².